The number of nitrogens with one attached hydrogen (secondary N) is 1. The predicted molar refractivity (Wildman–Crippen MR) is 98.7 cm³/mol. The summed E-state index contributed by atoms with van der Waals surface area (Å²) in [5, 5.41) is 13.6. The number of hydrogen-bond acceptors (Lipinski definition) is 4. The standard InChI is InChI=1S/C18H18ClN3O3/c1-12-10-13(4-7-17(12)21-8-2-3-9-21)20-18(23)15-6-5-14(22(24)25)11-16(15)19/h4-7,10-11H,2-3,8-9H2,1H3,(H,20,23). The third kappa shape index (κ3) is 3.74. The van der Waals surface area contributed by atoms with E-state index < -0.39 is 10.8 Å². The molecule has 0 bridgehead atoms. The van der Waals surface area contributed by atoms with Gasteiger partial charge in [-0.2, -0.15) is 0 Å². The highest BCUT2D eigenvalue weighted by Gasteiger charge is 2.17. The van der Waals surface area contributed by atoms with Crippen LogP contribution in [-0.4, -0.2) is 23.9 Å². The smallest absolute Gasteiger partial charge is 0.270 e. The highest BCUT2D eigenvalue weighted by Crippen LogP contribution is 2.28. The molecule has 3 rings (SSSR count). The Labute approximate surface area is 150 Å². The quantitative estimate of drug-likeness (QED) is 0.648. The number of benzene rings is 2. The van der Waals surface area contributed by atoms with Crippen molar-refractivity contribution in [3.8, 4) is 0 Å². The first-order chi connectivity index (χ1) is 12.0. The zero-order valence-electron chi connectivity index (χ0n) is 13.8. The number of halogens is 1. The lowest BCUT2D eigenvalue weighted by molar-refractivity contribution is -0.384. The number of carbonyl (C=O) groups excluding carboxylic acids is 1. The second-order valence-corrected chi connectivity index (χ2v) is 6.48. The molecular weight excluding hydrogens is 342 g/mol. The fraction of sp³-hybridized carbons (Fsp3) is 0.278. The molecule has 1 aliphatic heterocycles. The van der Waals surface area contributed by atoms with Crippen LogP contribution >= 0.6 is 11.6 Å². The van der Waals surface area contributed by atoms with Crippen LogP contribution in [0.25, 0.3) is 0 Å². The van der Waals surface area contributed by atoms with E-state index in [1.807, 2.05) is 25.1 Å². The van der Waals surface area contributed by atoms with Crippen LogP contribution in [0.5, 0.6) is 0 Å². The van der Waals surface area contributed by atoms with Gasteiger partial charge in [0, 0.05) is 36.6 Å². The topological polar surface area (TPSA) is 75.5 Å². The number of rotatable bonds is 4. The largest absolute Gasteiger partial charge is 0.371 e. The van der Waals surface area contributed by atoms with Crippen LogP contribution in [0, 0.1) is 17.0 Å². The molecule has 0 aromatic heterocycles. The normalized spacial score (nSPS) is 13.8. The number of nitro groups is 1. The Hall–Kier alpha value is -2.60. The van der Waals surface area contributed by atoms with E-state index in [0.29, 0.717) is 5.69 Å². The van der Waals surface area contributed by atoms with Gasteiger partial charge in [-0.25, -0.2) is 0 Å². The van der Waals surface area contributed by atoms with Gasteiger partial charge in [0.15, 0.2) is 0 Å². The molecule has 0 spiro atoms. The molecule has 0 radical (unpaired) electrons. The Morgan fingerprint density at radius 2 is 1.92 bits per heavy atom. The molecule has 0 unspecified atom stereocenters. The van der Waals surface area contributed by atoms with Gasteiger partial charge < -0.3 is 10.2 Å². The van der Waals surface area contributed by atoms with Crippen molar-refractivity contribution in [1.82, 2.24) is 0 Å². The second kappa shape index (κ2) is 7.11. The minimum Gasteiger partial charge on any atom is -0.371 e. The molecular formula is C18H18ClN3O3. The number of nitro benzene ring substituents is 1. The molecule has 0 atom stereocenters. The Bertz CT molecular complexity index is 832. The summed E-state index contributed by atoms with van der Waals surface area (Å²) in [5.41, 5.74) is 3.00. The van der Waals surface area contributed by atoms with Gasteiger partial charge in [0.05, 0.1) is 15.5 Å². The van der Waals surface area contributed by atoms with Crippen molar-refractivity contribution in [1.29, 1.82) is 0 Å². The summed E-state index contributed by atoms with van der Waals surface area (Å²) in [6, 6.07) is 9.60. The lowest BCUT2D eigenvalue weighted by Crippen LogP contribution is -2.19. The van der Waals surface area contributed by atoms with Crippen molar-refractivity contribution in [3.63, 3.8) is 0 Å². The van der Waals surface area contributed by atoms with E-state index in [2.05, 4.69) is 10.2 Å². The van der Waals surface area contributed by atoms with Crippen LogP contribution in [0.15, 0.2) is 36.4 Å². The van der Waals surface area contributed by atoms with Crippen LogP contribution in [-0.2, 0) is 0 Å². The van der Waals surface area contributed by atoms with Crippen molar-refractivity contribution in [2.45, 2.75) is 19.8 Å². The first-order valence-electron chi connectivity index (χ1n) is 8.06. The molecule has 6 nitrogen and oxygen atoms in total. The van der Waals surface area contributed by atoms with E-state index in [1.165, 1.54) is 36.7 Å². The summed E-state index contributed by atoms with van der Waals surface area (Å²) in [6.07, 6.45) is 2.41. The maximum absolute atomic E-state index is 12.4. The molecule has 1 aliphatic rings. The molecule has 2 aromatic rings. The van der Waals surface area contributed by atoms with Crippen LogP contribution in [0.3, 0.4) is 0 Å². The van der Waals surface area contributed by atoms with Gasteiger partial charge in [-0.1, -0.05) is 11.6 Å². The van der Waals surface area contributed by atoms with Gasteiger partial charge in [-0.05, 0) is 49.6 Å². The predicted octanol–water partition coefficient (Wildman–Crippen LogP) is 4.41. The van der Waals surface area contributed by atoms with Crippen LogP contribution in [0.4, 0.5) is 17.1 Å². The summed E-state index contributed by atoms with van der Waals surface area (Å²) in [6.45, 7) is 4.14. The molecule has 1 heterocycles. The molecule has 1 fully saturated rings. The zero-order chi connectivity index (χ0) is 18.0. The summed E-state index contributed by atoms with van der Waals surface area (Å²) in [7, 11) is 0. The Kier molecular flexibility index (Phi) is 4.90. The number of hydrogen-bond donors (Lipinski definition) is 1. The number of carbonyl (C=O) groups is 1. The van der Waals surface area contributed by atoms with Crippen molar-refractivity contribution in [2.24, 2.45) is 0 Å². The van der Waals surface area contributed by atoms with E-state index in [0.717, 1.165) is 18.7 Å². The van der Waals surface area contributed by atoms with Gasteiger partial charge in [-0.15, -0.1) is 0 Å². The number of non-ortho nitro benzene ring substituents is 1. The van der Waals surface area contributed by atoms with Crippen LogP contribution < -0.4 is 10.2 Å². The zero-order valence-corrected chi connectivity index (χ0v) is 14.5. The van der Waals surface area contributed by atoms with E-state index in [-0.39, 0.29) is 16.3 Å². The van der Waals surface area contributed by atoms with Gasteiger partial charge in [0.2, 0.25) is 0 Å². The lowest BCUT2D eigenvalue weighted by atomic mass is 10.1. The van der Waals surface area contributed by atoms with Crippen molar-refractivity contribution in [3.05, 3.63) is 62.7 Å². The first kappa shape index (κ1) is 17.2. The monoisotopic (exact) mass is 359 g/mol. The van der Waals surface area contributed by atoms with Crippen molar-refractivity contribution >= 4 is 34.6 Å². The summed E-state index contributed by atoms with van der Waals surface area (Å²) in [4.78, 5) is 24.9. The van der Waals surface area contributed by atoms with Gasteiger partial charge in [0.1, 0.15) is 0 Å². The Morgan fingerprint density at radius 3 is 2.52 bits per heavy atom. The molecule has 1 amide bonds. The molecule has 1 N–H and O–H groups in total. The van der Waals surface area contributed by atoms with Gasteiger partial charge in [-0.3, -0.25) is 14.9 Å². The SMILES string of the molecule is Cc1cc(NC(=O)c2ccc([N+](=O)[O-])cc2Cl)ccc1N1CCCC1. The molecule has 2 aromatic carbocycles. The number of nitrogens with zero attached hydrogens (tertiary/aromatic N) is 2. The Morgan fingerprint density at radius 1 is 1.20 bits per heavy atom. The third-order valence-corrected chi connectivity index (χ3v) is 4.62. The Balaban J connectivity index is 1.77. The maximum Gasteiger partial charge on any atom is 0.270 e. The van der Waals surface area contributed by atoms with E-state index in [9.17, 15) is 14.9 Å². The van der Waals surface area contributed by atoms with E-state index in [1.54, 1.807) is 0 Å². The second-order valence-electron chi connectivity index (χ2n) is 6.07. The third-order valence-electron chi connectivity index (χ3n) is 4.31. The van der Waals surface area contributed by atoms with Crippen LogP contribution in [0.1, 0.15) is 28.8 Å². The molecule has 25 heavy (non-hydrogen) atoms. The molecule has 0 aliphatic carbocycles. The van der Waals surface area contributed by atoms with Gasteiger partial charge in [0.25, 0.3) is 11.6 Å². The summed E-state index contributed by atoms with van der Waals surface area (Å²) >= 11 is 6.01. The molecule has 7 heteroatoms. The number of anilines is 2. The first-order valence-corrected chi connectivity index (χ1v) is 8.44. The van der Waals surface area contributed by atoms with E-state index in [4.69, 9.17) is 11.6 Å². The minimum atomic E-state index is -0.548. The molecule has 1 saturated heterocycles. The highest BCUT2D eigenvalue weighted by atomic mass is 35.5. The minimum absolute atomic E-state index is 0.0529. The molecule has 0 saturated carbocycles. The molecule has 130 valence electrons. The van der Waals surface area contributed by atoms with Crippen molar-refractivity contribution < 1.29 is 9.72 Å². The highest BCUT2D eigenvalue weighted by molar-refractivity contribution is 6.34. The fourth-order valence-corrected chi connectivity index (χ4v) is 3.31. The summed E-state index contributed by atoms with van der Waals surface area (Å²) in [5.74, 6) is -0.395. The lowest BCUT2D eigenvalue weighted by Gasteiger charge is -2.20. The number of aryl methyl sites for hydroxylation is 1. The number of amides is 1. The van der Waals surface area contributed by atoms with Gasteiger partial charge >= 0.3 is 0 Å². The average Bonchev–Trinajstić information content (AvgIpc) is 3.08. The maximum atomic E-state index is 12.4. The fourth-order valence-electron chi connectivity index (χ4n) is 3.05. The van der Waals surface area contributed by atoms with Crippen LogP contribution in [0.2, 0.25) is 5.02 Å². The average molecular weight is 360 g/mol. The van der Waals surface area contributed by atoms with E-state index >= 15 is 0 Å². The van der Waals surface area contributed by atoms with Crippen molar-refractivity contribution in [2.75, 3.05) is 23.3 Å². The summed E-state index contributed by atoms with van der Waals surface area (Å²) < 4.78 is 0.